The Morgan fingerprint density at radius 1 is 1.43 bits per heavy atom. The van der Waals surface area contributed by atoms with Crippen LogP contribution in [0.1, 0.15) is 18.4 Å². The second kappa shape index (κ2) is 8.02. The molecule has 1 saturated heterocycles. The number of benzene rings is 1. The molecular formula is C19H21ClN6O2. The van der Waals surface area contributed by atoms with Gasteiger partial charge in [-0.3, -0.25) is 4.79 Å². The molecule has 0 spiro atoms. The average molecular weight is 401 g/mol. The number of nitrogens with one attached hydrogen (secondary N) is 2. The third-order valence-corrected chi connectivity index (χ3v) is 5.10. The molecule has 146 valence electrons. The molecule has 1 aromatic carbocycles. The largest absolute Gasteiger partial charge is 0.497 e. The number of hydrogen-bond acceptors (Lipinski definition) is 6. The van der Waals surface area contributed by atoms with Crippen LogP contribution >= 0.6 is 11.6 Å². The van der Waals surface area contributed by atoms with E-state index in [1.807, 2.05) is 24.3 Å². The highest BCUT2D eigenvalue weighted by molar-refractivity contribution is 6.28. The highest BCUT2D eigenvalue weighted by Gasteiger charge is 2.28. The van der Waals surface area contributed by atoms with Crippen molar-refractivity contribution in [1.29, 1.82) is 0 Å². The van der Waals surface area contributed by atoms with Gasteiger partial charge in [0.25, 0.3) is 0 Å². The van der Waals surface area contributed by atoms with E-state index in [1.165, 1.54) is 0 Å². The summed E-state index contributed by atoms with van der Waals surface area (Å²) >= 11 is 6.05. The lowest BCUT2D eigenvalue weighted by atomic mass is 9.97. The van der Waals surface area contributed by atoms with Gasteiger partial charge in [-0.2, -0.15) is 9.97 Å². The number of fused-ring (bicyclic) bond motifs is 1. The predicted octanol–water partition coefficient (Wildman–Crippen LogP) is 2.55. The Kier molecular flexibility index (Phi) is 5.29. The summed E-state index contributed by atoms with van der Waals surface area (Å²) in [5, 5.41) is 3.19. The average Bonchev–Trinajstić information content (AvgIpc) is 3.20. The Bertz CT molecular complexity index is 991. The molecule has 9 heteroatoms. The fourth-order valence-corrected chi connectivity index (χ4v) is 3.68. The second-order valence-electron chi connectivity index (χ2n) is 6.77. The lowest BCUT2D eigenvalue weighted by Gasteiger charge is -2.33. The minimum atomic E-state index is -0.119. The molecule has 0 radical (unpaired) electrons. The molecule has 1 fully saturated rings. The van der Waals surface area contributed by atoms with Crippen molar-refractivity contribution in [3.63, 3.8) is 0 Å². The number of hydrogen-bond donors (Lipinski definition) is 2. The van der Waals surface area contributed by atoms with Gasteiger partial charge in [0.05, 0.1) is 19.4 Å². The van der Waals surface area contributed by atoms with Gasteiger partial charge in [-0.05, 0) is 42.1 Å². The van der Waals surface area contributed by atoms with Gasteiger partial charge in [0, 0.05) is 19.6 Å². The van der Waals surface area contributed by atoms with Crippen molar-refractivity contribution < 1.29 is 9.53 Å². The van der Waals surface area contributed by atoms with Gasteiger partial charge in [-0.25, -0.2) is 4.98 Å². The summed E-state index contributed by atoms with van der Waals surface area (Å²) in [6, 6.07) is 7.68. The number of aromatic nitrogens is 4. The molecule has 1 aliphatic rings. The quantitative estimate of drug-likeness (QED) is 0.639. The molecule has 3 aromatic rings. The summed E-state index contributed by atoms with van der Waals surface area (Å²) in [6.07, 6.45) is 3.31. The predicted molar refractivity (Wildman–Crippen MR) is 106 cm³/mol. The van der Waals surface area contributed by atoms with Crippen LogP contribution in [0.25, 0.3) is 11.2 Å². The Hall–Kier alpha value is -2.87. The van der Waals surface area contributed by atoms with Crippen molar-refractivity contribution in [2.24, 2.45) is 5.92 Å². The number of amides is 1. The van der Waals surface area contributed by atoms with E-state index in [9.17, 15) is 4.79 Å². The van der Waals surface area contributed by atoms with E-state index in [2.05, 4.69) is 30.2 Å². The second-order valence-corrected chi connectivity index (χ2v) is 7.11. The maximum atomic E-state index is 12.7. The maximum absolute atomic E-state index is 12.7. The zero-order valence-electron chi connectivity index (χ0n) is 15.5. The Morgan fingerprint density at radius 3 is 3.18 bits per heavy atom. The number of halogens is 1. The number of carbonyl (C=O) groups excluding carboxylic acids is 1. The lowest BCUT2D eigenvalue weighted by Crippen LogP contribution is -2.43. The van der Waals surface area contributed by atoms with Crippen LogP contribution in [-0.4, -0.2) is 46.0 Å². The molecule has 1 amide bonds. The number of imidazole rings is 1. The van der Waals surface area contributed by atoms with Crippen LogP contribution in [0, 0.1) is 5.92 Å². The lowest BCUT2D eigenvalue weighted by molar-refractivity contribution is -0.125. The highest BCUT2D eigenvalue weighted by atomic mass is 35.5. The van der Waals surface area contributed by atoms with Crippen LogP contribution in [0.2, 0.25) is 5.28 Å². The van der Waals surface area contributed by atoms with Crippen LogP contribution in [0.5, 0.6) is 5.75 Å². The molecule has 2 aromatic heterocycles. The van der Waals surface area contributed by atoms with E-state index in [1.54, 1.807) is 13.4 Å². The molecular weight excluding hydrogens is 380 g/mol. The van der Waals surface area contributed by atoms with Gasteiger partial charge in [0.1, 0.15) is 11.3 Å². The number of piperidine rings is 1. The first-order valence-corrected chi connectivity index (χ1v) is 9.54. The first-order valence-electron chi connectivity index (χ1n) is 9.16. The van der Waals surface area contributed by atoms with Gasteiger partial charge in [-0.1, -0.05) is 12.1 Å². The number of anilines is 1. The summed E-state index contributed by atoms with van der Waals surface area (Å²) in [4.78, 5) is 30.5. The van der Waals surface area contributed by atoms with E-state index < -0.39 is 0 Å². The van der Waals surface area contributed by atoms with Crippen molar-refractivity contribution in [2.75, 3.05) is 25.1 Å². The van der Waals surface area contributed by atoms with Crippen LogP contribution in [0.3, 0.4) is 0 Å². The number of rotatable bonds is 5. The standard InChI is InChI=1S/C19H21ClN6O2/c1-28-14-6-2-4-12(8-14)9-21-18(27)13-5-3-7-26(10-13)17-15-16(23-11-22-15)24-19(20)25-17/h2,4,6,8,11,13H,3,5,7,9-10H2,1H3,(H,21,27)(H,22,23,24,25)/t13-/m0/s1. The van der Waals surface area contributed by atoms with Crippen molar-refractivity contribution in [2.45, 2.75) is 19.4 Å². The first-order chi connectivity index (χ1) is 13.6. The highest BCUT2D eigenvalue weighted by Crippen LogP contribution is 2.27. The summed E-state index contributed by atoms with van der Waals surface area (Å²) in [6.45, 7) is 1.85. The number of H-pyrrole nitrogens is 1. The Morgan fingerprint density at radius 2 is 2.32 bits per heavy atom. The van der Waals surface area contributed by atoms with Gasteiger partial charge in [0.2, 0.25) is 11.2 Å². The van der Waals surface area contributed by atoms with E-state index >= 15 is 0 Å². The van der Waals surface area contributed by atoms with Crippen LogP contribution in [0.4, 0.5) is 5.82 Å². The van der Waals surface area contributed by atoms with E-state index in [-0.39, 0.29) is 17.1 Å². The monoisotopic (exact) mass is 400 g/mol. The minimum Gasteiger partial charge on any atom is -0.497 e. The fourth-order valence-electron chi connectivity index (χ4n) is 3.52. The summed E-state index contributed by atoms with van der Waals surface area (Å²) in [5.74, 6) is 1.39. The van der Waals surface area contributed by atoms with Crippen LogP contribution < -0.4 is 15.0 Å². The first kappa shape index (κ1) is 18.5. The summed E-state index contributed by atoms with van der Waals surface area (Å²) in [7, 11) is 1.63. The molecule has 3 heterocycles. The minimum absolute atomic E-state index is 0.0357. The summed E-state index contributed by atoms with van der Waals surface area (Å²) < 4.78 is 5.23. The molecule has 28 heavy (non-hydrogen) atoms. The molecule has 0 saturated carbocycles. The fraction of sp³-hybridized carbons (Fsp3) is 0.368. The number of aromatic amines is 1. The van der Waals surface area contributed by atoms with Gasteiger partial charge in [-0.15, -0.1) is 0 Å². The van der Waals surface area contributed by atoms with Crippen LogP contribution in [-0.2, 0) is 11.3 Å². The zero-order valence-corrected chi connectivity index (χ0v) is 16.2. The molecule has 1 atom stereocenters. The van der Waals surface area contributed by atoms with Crippen LogP contribution in [0.15, 0.2) is 30.6 Å². The number of ether oxygens (including phenoxy) is 1. The molecule has 0 unspecified atom stereocenters. The Labute approximate surface area is 167 Å². The molecule has 8 nitrogen and oxygen atoms in total. The van der Waals surface area contributed by atoms with E-state index in [0.29, 0.717) is 24.6 Å². The van der Waals surface area contributed by atoms with E-state index in [0.717, 1.165) is 36.2 Å². The van der Waals surface area contributed by atoms with Crippen molar-refractivity contribution >= 4 is 34.5 Å². The van der Waals surface area contributed by atoms with Crippen molar-refractivity contribution in [1.82, 2.24) is 25.3 Å². The van der Waals surface area contributed by atoms with Gasteiger partial charge < -0.3 is 19.9 Å². The maximum Gasteiger partial charge on any atom is 0.226 e. The van der Waals surface area contributed by atoms with Crippen molar-refractivity contribution in [3.05, 3.63) is 41.4 Å². The Balaban J connectivity index is 1.44. The number of nitrogens with zero attached hydrogens (tertiary/aromatic N) is 4. The molecule has 4 rings (SSSR count). The molecule has 0 bridgehead atoms. The zero-order chi connectivity index (χ0) is 19.5. The smallest absolute Gasteiger partial charge is 0.226 e. The van der Waals surface area contributed by atoms with Gasteiger partial charge in [0.15, 0.2) is 11.5 Å². The molecule has 2 N–H and O–H groups in total. The number of methoxy groups -OCH3 is 1. The SMILES string of the molecule is COc1cccc(CNC(=O)[C@H]2CCCN(c3nc(Cl)nc4nc[nH]c34)C2)c1. The molecule has 0 aliphatic carbocycles. The molecule has 1 aliphatic heterocycles. The third-order valence-electron chi connectivity index (χ3n) is 4.93. The normalized spacial score (nSPS) is 16.9. The number of carbonyl (C=O) groups is 1. The van der Waals surface area contributed by atoms with Crippen molar-refractivity contribution in [3.8, 4) is 5.75 Å². The van der Waals surface area contributed by atoms with E-state index in [4.69, 9.17) is 16.3 Å². The summed E-state index contributed by atoms with van der Waals surface area (Å²) in [5.41, 5.74) is 2.27. The topological polar surface area (TPSA) is 96.0 Å². The van der Waals surface area contributed by atoms with Gasteiger partial charge >= 0.3 is 0 Å². The third kappa shape index (κ3) is 3.87.